The number of carbonyl (C=O) groups is 1. The van der Waals surface area contributed by atoms with Gasteiger partial charge in [-0.25, -0.2) is 4.98 Å². The molecular formula is C21H22N2O4S. The molecule has 0 aliphatic heterocycles. The fourth-order valence-corrected chi connectivity index (χ4v) is 3.27. The fraction of sp³-hybridized carbons (Fsp3) is 0.238. The van der Waals surface area contributed by atoms with Crippen LogP contribution < -0.4 is 19.5 Å². The highest BCUT2D eigenvalue weighted by molar-refractivity contribution is 7.09. The van der Waals surface area contributed by atoms with Gasteiger partial charge in [-0.3, -0.25) is 4.79 Å². The fourth-order valence-electron chi connectivity index (χ4n) is 2.67. The van der Waals surface area contributed by atoms with E-state index in [-0.39, 0.29) is 5.91 Å². The lowest BCUT2D eigenvalue weighted by Gasteiger charge is -2.12. The van der Waals surface area contributed by atoms with E-state index < -0.39 is 0 Å². The summed E-state index contributed by atoms with van der Waals surface area (Å²) in [4.78, 5) is 17.0. The molecule has 2 aromatic carbocycles. The monoisotopic (exact) mass is 398 g/mol. The van der Waals surface area contributed by atoms with Crippen molar-refractivity contribution in [2.45, 2.75) is 20.1 Å². The number of benzene rings is 2. The molecule has 3 aromatic rings. The maximum Gasteiger partial charge on any atom is 0.255 e. The normalized spacial score (nSPS) is 10.4. The Hall–Kier alpha value is -3.06. The molecule has 1 amide bonds. The number of rotatable bonds is 8. The quantitative estimate of drug-likeness (QED) is 0.622. The molecule has 0 radical (unpaired) electrons. The van der Waals surface area contributed by atoms with Crippen LogP contribution in [0.2, 0.25) is 0 Å². The molecule has 0 spiro atoms. The topological polar surface area (TPSA) is 69.7 Å². The van der Waals surface area contributed by atoms with Crippen molar-refractivity contribution in [3.63, 3.8) is 0 Å². The number of para-hydroxylation sites is 1. The number of thiazole rings is 1. The molecule has 1 N–H and O–H groups in total. The van der Waals surface area contributed by atoms with Gasteiger partial charge in [0, 0.05) is 11.9 Å². The highest BCUT2D eigenvalue weighted by atomic mass is 32.1. The highest BCUT2D eigenvalue weighted by Crippen LogP contribution is 2.27. The molecule has 3 rings (SSSR count). The Kier molecular flexibility index (Phi) is 6.49. The lowest BCUT2D eigenvalue weighted by Crippen LogP contribution is -2.23. The summed E-state index contributed by atoms with van der Waals surface area (Å²) in [7, 11) is 3.17. The van der Waals surface area contributed by atoms with Gasteiger partial charge in [0.25, 0.3) is 5.91 Å². The second-order valence-corrected chi connectivity index (χ2v) is 7.08. The molecule has 0 unspecified atom stereocenters. The van der Waals surface area contributed by atoms with E-state index >= 15 is 0 Å². The first-order chi connectivity index (χ1) is 13.6. The number of nitrogens with one attached hydrogen (secondary N) is 1. The van der Waals surface area contributed by atoms with Crippen molar-refractivity contribution < 1.29 is 19.0 Å². The number of aryl methyl sites for hydroxylation is 1. The van der Waals surface area contributed by atoms with E-state index in [9.17, 15) is 4.79 Å². The minimum atomic E-state index is -0.208. The van der Waals surface area contributed by atoms with Crippen LogP contribution >= 0.6 is 11.3 Å². The van der Waals surface area contributed by atoms with Gasteiger partial charge in [0.1, 0.15) is 12.4 Å². The van der Waals surface area contributed by atoms with Crippen molar-refractivity contribution in [3.05, 3.63) is 69.7 Å². The molecule has 1 aromatic heterocycles. The minimum Gasteiger partial charge on any atom is -0.493 e. The lowest BCUT2D eigenvalue weighted by atomic mass is 10.1. The third kappa shape index (κ3) is 4.80. The second-order valence-electron chi connectivity index (χ2n) is 6.01. The molecule has 28 heavy (non-hydrogen) atoms. The van der Waals surface area contributed by atoms with Crippen LogP contribution in [0.1, 0.15) is 26.6 Å². The van der Waals surface area contributed by atoms with Crippen LogP contribution in [0.3, 0.4) is 0 Å². The summed E-state index contributed by atoms with van der Waals surface area (Å²) >= 11 is 1.57. The van der Waals surface area contributed by atoms with Gasteiger partial charge in [0.15, 0.2) is 11.5 Å². The first kappa shape index (κ1) is 19.7. The summed E-state index contributed by atoms with van der Waals surface area (Å²) in [5.41, 5.74) is 2.24. The smallest absolute Gasteiger partial charge is 0.255 e. The Morgan fingerprint density at radius 3 is 2.57 bits per heavy atom. The van der Waals surface area contributed by atoms with E-state index in [1.807, 2.05) is 42.6 Å². The van der Waals surface area contributed by atoms with Gasteiger partial charge in [-0.15, -0.1) is 11.3 Å². The Morgan fingerprint density at radius 1 is 1.07 bits per heavy atom. The first-order valence-electron chi connectivity index (χ1n) is 8.72. The number of carbonyl (C=O) groups excluding carboxylic acids is 1. The first-order valence-corrected chi connectivity index (χ1v) is 9.60. The van der Waals surface area contributed by atoms with E-state index in [1.165, 1.54) is 0 Å². The average molecular weight is 398 g/mol. The lowest BCUT2D eigenvalue weighted by molar-refractivity contribution is 0.0946. The molecular weight excluding hydrogens is 376 g/mol. The van der Waals surface area contributed by atoms with Crippen molar-refractivity contribution in [1.82, 2.24) is 10.3 Å². The molecule has 0 saturated carbocycles. The summed E-state index contributed by atoms with van der Waals surface area (Å²) < 4.78 is 16.4. The largest absolute Gasteiger partial charge is 0.493 e. The van der Waals surface area contributed by atoms with Crippen LogP contribution in [0.5, 0.6) is 17.2 Å². The number of amides is 1. The van der Waals surface area contributed by atoms with Crippen LogP contribution in [0.4, 0.5) is 0 Å². The number of hydrogen-bond donors (Lipinski definition) is 1. The third-order valence-corrected chi connectivity index (χ3v) is 4.90. The molecule has 146 valence electrons. The van der Waals surface area contributed by atoms with E-state index in [1.54, 1.807) is 37.7 Å². The zero-order valence-electron chi connectivity index (χ0n) is 16.0. The van der Waals surface area contributed by atoms with Crippen molar-refractivity contribution in [3.8, 4) is 17.2 Å². The van der Waals surface area contributed by atoms with Crippen molar-refractivity contribution in [2.24, 2.45) is 0 Å². The minimum absolute atomic E-state index is 0.208. The molecule has 0 saturated heterocycles. The number of methoxy groups -OCH3 is 2. The average Bonchev–Trinajstić information content (AvgIpc) is 3.15. The Morgan fingerprint density at radius 2 is 1.86 bits per heavy atom. The van der Waals surface area contributed by atoms with Gasteiger partial charge in [-0.2, -0.15) is 0 Å². The molecule has 0 bridgehead atoms. The van der Waals surface area contributed by atoms with Gasteiger partial charge in [0.05, 0.1) is 30.5 Å². The van der Waals surface area contributed by atoms with Crippen molar-refractivity contribution in [2.75, 3.05) is 14.2 Å². The van der Waals surface area contributed by atoms with Crippen LogP contribution in [0, 0.1) is 6.92 Å². The number of nitrogens with zero attached hydrogens (tertiary/aromatic N) is 1. The number of aromatic nitrogens is 1. The van der Waals surface area contributed by atoms with E-state index in [2.05, 4.69) is 10.3 Å². The van der Waals surface area contributed by atoms with Gasteiger partial charge >= 0.3 is 0 Å². The zero-order chi connectivity index (χ0) is 19.9. The van der Waals surface area contributed by atoms with Crippen LogP contribution in [-0.4, -0.2) is 25.1 Å². The summed E-state index contributed by atoms with van der Waals surface area (Å²) in [6.45, 7) is 2.63. The van der Waals surface area contributed by atoms with Gasteiger partial charge in [-0.05, 0) is 36.8 Å². The Balaban J connectivity index is 1.66. The van der Waals surface area contributed by atoms with Crippen LogP contribution in [0.15, 0.2) is 47.8 Å². The van der Waals surface area contributed by atoms with Crippen LogP contribution in [-0.2, 0) is 13.2 Å². The highest BCUT2D eigenvalue weighted by Gasteiger charge is 2.13. The van der Waals surface area contributed by atoms with Crippen molar-refractivity contribution >= 4 is 17.2 Å². The predicted octanol–water partition coefficient (Wildman–Crippen LogP) is 3.98. The Labute approximate surface area is 168 Å². The van der Waals surface area contributed by atoms with Crippen molar-refractivity contribution in [1.29, 1.82) is 0 Å². The summed E-state index contributed by atoms with van der Waals surface area (Å²) in [5, 5.41) is 5.86. The standard InChI is InChI=1S/C21H22N2O4S/c1-14-23-16(13-28-14)12-27-18-7-5-4-6-17(18)21(24)22-11-15-8-9-19(25-2)20(10-15)26-3/h4-10,13H,11-12H2,1-3H3,(H,22,24). The van der Waals surface area contributed by atoms with E-state index in [4.69, 9.17) is 14.2 Å². The predicted molar refractivity (Wildman–Crippen MR) is 108 cm³/mol. The number of hydrogen-bond acceptors (Lipinski definition) is 6. The summed E-state index contributed by atoms with van der Waals surface area (Å²) in [6, 6.07) is 12.7. The van der Waals surface area contributed by atoms with Gasteiger partial charge in [-0.1, -0.05) is 18.2 Å². The second kappa shape index (κ2) is 9.23. The Bertz CT molecular complexity index is 955. The molecule has 1 heterocycles. The molecule has 7 heteroatoms. The molecule has 6 nitrogen and oxygen atoms in total. The van der Waals surface area contributed by atoms with E-state index in [0.29, 0.717) is 36.0 Å². The maximum absolute atomic E-state index is 12.7. The summed E-state index contributed by atoms with van der Waals surface area (Å²) in [5.74, 6) is 1.59. The van der Waals surface area contributed by atoms with Crippen LogP contribution in [0.25, 0.3) is 0 Å². The molecule has 0 aliphatic carbocycles. The number of ether oxygens (including phenoxy) is 3. The van der Waals surface area contributed by atoms with Gasteiger partial charge < -0.3 is 19.5 Å². The molecule has 0 fully saturated rings. The SMILES string of the molecule is COc1ccc(CNC(=O)c2ccccc2OCc2csc(C)n2)cc1OC. The molecule has 0 atom stereocenters. The zero-order valence-corrected chi connectivity index (χ0v) is 16.8. The molecule has 0 aliphatic rings. The van der Waals surface area contributed by atoms with Gasteiger partial charge in [0.2, 0.25) is 0 Å². The maximum atomic E-state index is 12.7. The summed E-state index contributed by atoms with van der Waals surface area (Å²) in [6.07, 6.45) is 0. The third-order valence-electron chi connectivity index (χ3n) is 4.07. The van der Waals surface area contributed by atoms with E-state index in [0.717, 1.165) is 16.3 Å².